The van der Waals surface area contributed by atoms with Crippen molar-refractivity contribution < 1.29 is 28.3 Å². The minimum atomic E-state index is -1.29. The van der Waals surface area contributed by atoms with Crippen LogP contribution in [-0.4, -0.2) is 34.1 Å². The van der Waals surface area contributed by atoms with E-state index >= 15 is 0 Å². The molecule has 27 heavy (non-hydrogen) atoms. The predicted octanol–water partition coefficient (Wildman–Crippen LogP) is 2.36. The van der Waals surface area contributed by atoms with Crippen molar-refractivity contribution in [2.24, 2.45) is 18.0 Å². The lowest BCUT2D eigenvalue weighted by Crippen LogP contribution is -2.37. The molecule has 142 valence electrons. The van der Waals surface area contributed by atoms with Crippen molar-refractivity contribution in [3.8, 4) is 0 Å². The van der Waals surface area contributed by atoms with Gasteiger partial charge in [0.2, 0.25) is 0 Å². The molecule has 0 fully saturated rings. The highest BCUT2D eigenvalue weighted by Gasteiger charge is 2.43. The van der Waals surface area contributed by atoms with Gasteiger partial charge >= 0.3 is 17.6 Å². The van der Waals surface area contributed by atoms with Gasteiger partial charge in [0.1, 0.15) is 18.3 Å². The highest BCUT2D eigenvalue weighted by atomic mass is 79.9. The van der Waals surface area contributed by atoms with E-state index in [1.807, 2.05) is 0 Å². The van der Waals surface area contributed by atoms with Crippen LogP contribution in [0.15, 0.2) is 37.0 Å². The number of ether oxygens (including phenoxy) is 1. The first-order chi connectivity index (χ1) is 12.7. The molecule has 1 N–H and O–H groups in total. The van der Waals surface area contributed by atoms with Gasteiger partial charge < -0.3 is 14.4 Å². The van der Waals surface area contributed by atoms with Crippen LogP contribution >= 0.6 is 15.9 Å². The fourth-order valence-corrected chi connectivity index (χ4v) is 3.48. The van der Waals surface area contributed by atoms with E-state index in [0.717, 1.165) is 4.74 Å². The quantitative estimate of drug-likeness (QED) is 0.730. The number of carboxylic acids is 1. The molecule has 0 amide bonds. The number of carbonyl (C=O) groups excluding carboxylic acids is 1. The average Bonchev–Trinajstić information content (AvgIpc) is 2.88. The Morgan fingerprint density at radius 1 is 1.44 bits per heavy atom. The molecule has 2 unspecified atom stereocenters. The maximum Gasteiger partial charge on any atom is 0.363 e. The number of esters is 1. The van der Waals surface area contributed by atoms with Gasteiger partial charge in [0.05, 0.1) is 15.7 Å². The normalized spacial score (nSPS) is 18.6. The Labute approximate surface area is 160 Å². The number of carbonyl (C=O) groups is 2. The molecular weight excluding hydrogens is 427 g/mol. The number of nitrogens with zero attached hydrogens (tertiary/aromatic N) is 2. The van der Waals surface area contributed by atoms with Crippen molar-refractivity contribution >= 4 is 39.4 Å². The van der Waals surface area contributed by atoms with Crippen molar-refractivity contribution in [3.05, 3.63) is 50.0 Å². The third-order valence-corrected chi connectivity index (χ3v) is 4.83. The molecule has 2 aromatic rings. The van der Waals surface area contributed by atoms with Crippen LogP contribution in [0.3, 0.4) is 0 Å². The van der Waals surface area contributed by atoms with Crippen LogP contribution in [0, 0.1) is 11.7 Å². The Bertz CT molecular complexity index is 1020. The van der Waals surface area contributed by atoms with Gasteiger partial charge in [-0.3, -0.25) is 9.59 Å². The topological polar surface area (TPSA) is 111 Å². The lowest BCUT2D eigenvalue weighted by atomic mass is 9.77. The summed E-state index contributed by atoms with van der Waals surface area (Å²) in [4.78, 5) is 39.7. The summed E-state index contributed by atoms with van der Waals surface area (Å²) in [6, 6.07) is 3.96. The number of hydrogen-bond donors (Lipinski definition) is 1. The Hall–Kier alpha value is -2.75. The number of halogens is 2. The number of aryl methyl sites for hydroxylation is 1. The third-order valence-electron chi connectivity index (χ3n) is 4.22. The van der Waals surface area contributed by atoms with Crippen LogP contribution in [0.2, 0.25) is 0 Å². The van der Waals surface area contributed by atoms with E-state index < -0.39 is 35.2 Å². The second kappa shape index (κ2) is 7.10. The molecule has 2 atom stereocenters. The molecule has 1 aliphatic heterocycles. The Balaban J connectivity index is 2.23. The van der Waals surface area contributed by atoms with Crippen molar-refractivity contribution in [3.63, 3.8) is 0 Å². The molecule has 0 radical (unpaired) electrons. The van der Waals surface area contributed by atoms with E-state index in [4.69, 9.17) is 9.26 Å². The molecule has 0 aliphatic carbocycles. The first-order valence-electron chi connectivity index (χ1n) is 7.79. The first-order valence-corrected chi connectivity index (χ1v) is 8.58. The Kier molecular flexibility index (Phi) is 5.01. The lowest BCUT2D eigenvalue weighted by molar-refractivity contribution is -0.142. The van der Waals surface area contributed by atoms with E-state index in [1.54, 1.807) is 0 Å². The summed E-state index contributed by atoms with van der Waals surface area (Å²) in [5.74, 6) is -4.55. The summed E-state index contributed by atoms with van der Waals surface area (Å²) in [6.45, 7) is 0.830. The van der Waals surface area contributed by atoms with Gasteiger partial charge in [-0.25, -0.2) is 14.2 Å². The molecule has 2 heterocycles. The van der Waals surface area contributed by atoms with Gasteiger partial charge in [-0.15, -0.1) is 0 Å². The fraction of sp³-hybridized carbons (Fsp3) is 0.294. The predicted molar refractivity (Wildman–Crippen MR) is 94.7 cm³/mol. The van der Waals surface area contributed by atoms with Gasteiger partial charge in [0.25, 0.3) is 0 Å². The van der Waals surface area contributed by atoms with Gasteiger partial charge in [-0.05, 0) is 33.6 Å². The number of carboxylic acid groups (broad SMARTS) is 1. The van der Waals surface area contributed by atoms with Crippen molar-refractivity contribution in [1.82, 2.24) is 4.74 Å². The zero-order valence-electron chi connectivity index (χ0n) is 14.2. The number of aromatic nitrogens is 1. The van der Waals surface area contributed by atoms with Crippen LogP contribution < -0.4 is 5.63 Å². The van der Waals surface area contributed by atoms with E-state index in [1.165, 1.54) is 32.2 Å². The minimum Gasteiger partial charge on any atom is -0.481 e. The molecule has 0 saturated heterocycles. The molecular formula is C17H14BrFN2O6. The monoisotopic (exact) mass is 440 g/mol. The minimum absolute atomic E-state index is 0.0482. The molecule has 1 aromatic heterocycles. The third kappa shape index (κ3) is 3.44. The Morgan fingerprint density at radius 2 is 2.15 bits per heavy atom. The van der Waals surface area contributed by atoms with Crippen LogP contribution in [0.4, 0.5) is 10.2 Å². The number of aliphatic imine (C=N–C) groups is 1. The number of aliphatic carboxylic acids is 1. The van der Waals surface area contributed by atoms with Gasteiger partial charge in [0, 0.05) is 19.9 Å². The maximum absolute atomic E-state index is 13.7. The van der Waals surface area contributed by atoms with Crippen LogP contribution in [0.1, 0.15) is 24.0 Å². The van der Waals surface area contributed by atoms with Gasteiger partial charge in [0.15, 0.2) is 5.82 Å². The van der Waals surface area contributed by atoms with E-state index in [2.05, 4.69) is 20.9 Å². The fourth-order valence-electron chi connectivity index (χ4n) is 3.09. The molecule has 0 spiro atoms. The first kappa shape index (κ1) is 19.0. The highest BCUT2D eigenvalue weighted by Crippen LogP contribution is 2.41. The summed E-state index contributed by atoms with van der Waals surface area (Å²) in [5, 5.41) is 9.81. The summed E-state index contributed by atoms with van der Waals surface area (Å²) >= 11 is 3.07. The standard InChI is InChI=1S/C17H14BrFN2O6/c1-7(22)26-6-11-13(16(23)24)12(8-3-4-10(19)9(18)5-8)14-15(20-11)21(2)27-17(14)25/h3-5,12-13H,6H2,1-2H3,(H,23,24). The smallest absolute Gasteiger partial charge is 0.363 e. The molecule has 10 heteroatoms. The van der Waals surface area contributed by atoms with E-state index in [9.17, 15) is 23.9 Å². The van der Waals surface area contributed by atoms with Crippen molar-refractivity contribution in [1.29, 1.82) is 0 Å². The summed E-state index contributed by atoms with van der Waals surface area (Å²) in [5.41, 5.74) is -0.257. The number of benzene rings is 1. The Morgan fingerprint density at radius 3 is 2.74 bits per heavy atom. The van der Waals surface area contributed by atoms with Crippen LogP contribution in [0.5, 0.6) is 0 Å². The summed E-state index contributed by atoms with van der Waals surface area (Å²) in [7, 11) is 1.45. The molecule has 0 bridgehead atoms. The average molecular weight is 441 g/mol. The summed E-state index contributed by atoms with van der Waals surface area (Å²) in [6.07, 6.45) is 0. The zero-order valence-corrected chi connectivity index (χ0v) is 15.8. The molecule has 8 nitrogen and oxygen atoms in total. The van der Waals surface area contributed by atoms with E-state index in [-0.39, 0.29) is 28.2 Å². The zero-order chi connectivity index (χ0) is 19.9. The number of rotatable bonds is 4. The lowest BCUT2D eigenvalue weighted by Gasteiger charge is -2.28. The largest absolute Gasteiger partial charge is 0.481 e. The van der Waals surface area contributed by atoms with E-state index in [0.29, 0.717) is 5.56 Å². The second-order valence-corrected chi connectivity index (χ2v) is 6.82. The molecule has 0 saturated carbocycles. The maximum atomic E-state index is 13.7. The number of fused-ring (bicyclic) bond motifs is 1. The second-order valence-electron chi connectivity index (χ2n) is 5.96. The summed E-state index contributed by atoms with van der Waals surface area (Å²) < 4.78 is 24.9. The van der Waals surface area contributed by atoms with Crippen LogP contribution in [0.25, 0.3) is 0 Å². The van der Waals surface area contributed by atoms with Crippen LogP contribution in [-0.2, 0) is 21.4 Å². The molecule has 1 aromatic carbocycles. The highest BCUT2D eigenvalue weighted by molar-refractivity contribution is 9.10. The SMILES string of the molecule is CC(=O)OCC1=Nc2c(c(=O)on2C)C(c2ccc(F)c(Br)c2)C1C(=O)O. The number of hydrogen-bond acceptors (Lipinski definition) is 6. The van der Waals surface area contributed by atoms with Gasteiger partial charge in [-0.2, -0.15) is 4.74 Å². The van der Waals surface area contributed by atoms with Crippen molar-refractivity contribution in [2.75, 3.05) is 6.61 Å². The van der Waals surface area contributed by atoms with Gasteiger partial charge in [-0.1, -0.05) is 6.07 Å². The van der Waals surface area contributed by atoms with Crippen molar-refractivity contribution in [2.45, 2.75) is 12.8 Å². The molecule has 3 rings (SSSR count). The molecule has 1 aliphatic rings.